The first-order valence-corrected chi connectivity index (χ1v) is 7.35. The Balaban J connectivity index is 2.68. The Morgan fingerprint density at radius 1 is 1.47 bits per heavy atom. The summed E-state index contributed by atoms with van der Waals surface area (Å²) in [5.41, 5.74) is 2.25. The lowest BCUT2D eigenvalue weighted by atomic mass is 10.1. The molecular formula is C12H21BrClN3. The van der Waals surface area contributed by atoms with Crippen molar-refractivity contribution in [3.8, 4) is 0 Å². The van der Waals surface area contributed by atoms with E-state index in [1.807, 2.05) is 11.6 Å². The van der Waals surface area contributed by atoms with Crippen LogP contribution in [0.3, 0.4) is 0 Å². The zero-order valence-electron chi connectivity index (χ0n) is 10.9. The van der Waals surface area contributed by atoms with Crippen LogP contribution in [0.25, 0.3) is 0 Å². The smallest absolute Gasteiger partial charge is 0.0739 e. The highest BCUT2D eigenvalue weighted by Gasteiger charge is 2.15. The Hall–Kier alpha value is -0.0600. The molecule has 17 heavy (non-hydrogen) atoms. The van der Waals surface area contributed by atoms with Crippen molar-refractivity contribution >= 4 is 27.5 Å². The summed E-state index contributed by atoms with van der Waals surface area (Å²) < 4.78 is 3.14. The molecule has 0 fully saturated rings. The molecule has 0 aliphatic heterocycles. The van der Waals surface area contributed by atoms with Crippen molar-refractivity contribution in [1.82, 2.24) is 15.1 Å². The van der Waals surface area contributed by atoms with Gasteiger partial charge in [0.15, 0.2) is 0 Å². The third-order valence-electron chi connectivity index (χ3n) is 3.14. The SMILES string of the molecule is CCn1nc(C)c(Br)c1CNC(C)C(C)CCl. The van der Waals surface area contributed by atoms with Gasteiger partial charge < -0.3 is 5.32 Å². The third kappa shape index (κ3) is 3.70. The first-order chi connectivity index (χ1) is 8.01. The Morgan fingerprint density at radius 2 is 2.12 bits per heavy atom. The van der Waals surface area contributed by atoms with E-state index in [0.29, 0.717) is 17.8 Å². The van der Waals surface area contributed by atoms with E-state index in [0.717, 1.165) is 23.3 Å². The summed E-state index contributed by atoms with van der Waals surface area (Å²) >= 11 is 9.45. The number of hydrogen-bond acceptors (Lipinski definition) is 2. The molecule has 2 atom stereocenters. The molecule has 1 N–H and O–H groups in total. The molecule has 0 aromatic carbocycles. The molecule has 0 aliphatic rings. The first kappa shape index (κ1) is 15.0. The molecule has 5 heteroatoms. The number of nitrogens with one attached hydrogen (secondary N) is 1. The van der Waals surface area contributed by atoms with Gasteiger partial charge in [-0.05, 0) is 42.6 Å². The highest BCUT2D eigenvalue weighted by molar-refractivity contribution is 9.10. The van der Waals surface area contributed by atoms with Gasteiger partial charge in [-0.25, -0.2) is 0 Å². The second kappa shape index (κ2) is 6.76. The zero-order chi connectivity index (χ0) is 13.0. The molecule has 98 valence electrons. The van der Waals surface area contributed by atoms with Crippen LogP contribution in [0, 0.1) is 12.8 Å². The average molecular weight is 323 g/mol. The second-order valence-corrected chi connectivity index (χ2v) is 5.56. The molecule has 0 spiro atoms. The molecule has 1 rings (SSSR count). The lowest BCUT2D eigenvalue weighted by Gasteiger charge is -2.19. The molecule has 3 nitrogen and oxygen atoms in total. The Morgan fingerprint density at radius 3 is 2.65 bits per heavy atom. The van der Waals surface area contributed by atoms with E-state index in [-0.39, 0.29) is 0 Å². The fourth-order valence-corrected chi connectivity index (χ4v) is 2.32. The molecular weight excluding hydrogens is 302 g/mol. The predicted molar refractivity (Wildman–Crippen MR) is 76.5 cm³/mol. The van der Waals surface area contributed by atoms with Crippen LogP contribution in [0.15, 0.2) is 4.47 Å². The first-order valence-electron chi connectivity index (χ1n) is 6.02. The maximum absolute atomic E-state index is 5.86. The number of aromatic nitrogens is 2. The monoisotopic (exact) mass is 321 g/mol. The number of alkyl halides is 1. The Kier molecular flexibility index (Phi) is 5.97. The van der Waals surface area contributed by atoms with Crippen molar-refractivity contribution in [1.29, 1.82) is 0 Å². The number of rotatable bonds is 6. The second-order valence-electron chi connectivity index (χ2n) is 4.46. The maximum Gasteiger partial charge on any atom is 0.0739 e. The van der Waals surface area contributed by atoms with Crippen LogP contribution in [-0.2, 0) is 13.1 Å². The van der Waals surface area contributed by atoms with Gasteiger partial charge in [0, 0.05) is 25.0 Å². The van der Waals surface area contributed by atoms with E-state index in [1.54, 1.807) is 0 Å². The Bertz CT molecular complexity index is 365. The van der Waals surface area contributed by atoms with E-state index in [1.165, 1.54) is 5.69 Å². The van der Waals surface area contributed by atoms with Crippen LogP contribution in [-0.4, -0.2) is 21.7 Å². The van der Waals surface area contributed by atoms with Crippen LogP contribution in [0.4, 0.5) is 0 Å². The van der Waals surface area contributed by atoms with Crippen molar-refractivity contribution in [2.24, 2.45) is 5.92 Å². The van der Waals surface area contributed by atoms with Gasteiger partial charge in [-0.15, -0.1) is 11.6 Å². The van der Waals surface area contributed by atoms with Crippen LogP contribution < -0.4 is 5.32 Å². The molecule has 1 heterocycles. The predicted octanol–water partition coefficient (Wildman–Crippen LogP) is 3.33. The van der Waals surface area contributed by atoms with Crippen molar-refractivity contribution in [2.75, 3.05) is 5.88 Å². The highest BCUT2D eigenvalue weighted by atomic mass is 79.9. The van der Waals surface area contributed by atoms with Crippen LogP contribution in [0.5, 0.6) is 0 Å². The number of nitrogens with zero attached hydrogens (tertiary/aromatic N) is 2. The molecule has 0 amide bonds. The number of hydrogen-bond donors (Lipinski definition) is 1. The summed E-state index contributed by atoms with van der Waals surface area (Å²) in [6.07, 6.45) is 0. The van der Waals surface area contributed by atoms with Crippen molar-refractivity contribution in [2.45, 2.75) is 46.8 Å². The molecule has 0 saturated heterocycles. The van der Waals surface area contributed by atoms with Gasteiger partial charge in [0.2, 0.25) is 0 Å². The van der Waals surface area contributed by atoms with Gasteiger partial charge in [-0.2, -0.15) is 5.10 Å². The fourth-order valence-electron chi connectivity index (χ4n) is 1.63. The van der Waals surface area contributed by atoms with Gasteiger partial charge in [-0.3, -0.25) is 4.68 Å². The van der Waals surface area contributed by atoms with Crippen LogP contribution >= 0.6 is 27.5 Å². The lowest BCUT2D eigenvalue weighted by molar-refractivity contribution is 0.420. The van der Waals surface area contributed by atoms with Crippen molar-refractivity contribution < 1.29 is 0 Å². The topological polar surface area (TPSA) is 29.9 Å². The van der Waals surface area contributed by atoms with E-state index in [2.05, 4.69) is 47.1 Å². The summed E-state index contributed by atoms with van der Waals surface area (Å²) in [5, 5.41) is 7.98. The number of halogens is 2. The van der Waals surface area contributed by atoms with E-state index < -0.39 is 0 Å². The fraction of sp³-hybridized carbons (Fsp3) is 0.750. The van der Waals surface area contributed by atoms with Crippen molar-refractivity contribution in [3.05, 3.63) is 15.9 Å². The standard InChI is InChI=1S/C12H21BrClN3/c1-5-17-11(12(13)10(4)16-17)7-15-9(3)8(2)6-14/h8-9,15H,5-7H2,1-4H3. The zero-order valence-corrected chi connectivity index (χ0v) is 13.3. The van der Waals surface area contributed by atoms with Gasteiger partial charge in [0.05, 0.1) is 15.9 Å². The molecule has 0 aliphatic carbocycles. The molecule has 1 aromatic rings. The highest BCUT2D eigenvalue weighted by Crippen LogP contribution is 2.21. The summed E-state index contributed by atoms with van der Waals surface area (Å²) in [5.74, 6) is 1.15. The molecule has 2 unspecified atom stereocenters. The van der Waals surface area contributed by atoms with Gasteiger partial charge in [-0.1, -0.05) is 6.92 Å². The summed E-state index contributed by atoms with van der Waals surface area (Å²) in [4.78, 5) is 0. The molecule has 0 radical (unpaired) electrons. The summed E-state index contributed by atoms with van der Waals surface area (Å²) in [6.45, 7) is 10.2. The van der Waals surface area contributed by atoms with Crippen LogP contribution in [0.1, 0.15) is 32.2 Å². The number of aryl methyl sites for hydroxylation is 2. The van der Waals surface area contributed by atoms with Gasteiger partial charge in [0.25, 0.3) is 0 Å². The maximum atomic E-state index is 5.86. The van der Waals surface area contributed by atoms with Gasteiger partial charge >= 0.3 is 0 Å². The minimum atomic E-state index is 0.403. The quantitative estimate of drug-likeness (QED) is 0.814. The van der Waals surface area contributed by atoms with E-state index in [4.69, 9.17) is 11.6 Å². The van der Waals surface area contributed by atoms with E-state index in [9.17, 15) is 0 Å². The third-order valence-corrected chi connectivity index (χ3v) is 4.66. The lowest BCUT2D eigenvalue weighted by Crippen LogP contribution is -2.33. The molecule has 1 aromatic heterocycles. The summed E-state index contributed by atoms with van der Waals surface area (Å²) in [7, 11) is 0. The van der Waals surface area contributed by atoms with Crippen molar-refractivity contribution in [3.63, 3.8) is 0 Å². The minimum absolute atomic E-state index is 0.403. The molecule has 0 bridgehead atoms. The normalized spacial score (nSPS) is 14.9. The largest absolute Gasteiger partial charge is 0.308 e. The average Bonchev–Trinajstić information content (AvgIpc) is 2.61. The molecule has 0 saturated carbocycles. The summed E-state index contributed by atoms with van der Waals surface area (Å²) in [6, 6.07) is 0.403. The Labute approximate surface area is 117 Å². The van der Waals surface area contributed by atoms with Crippen LogP contribution in [0.2, 0.25) is 0 Å². The minimum Gasteiger partial charge on any atom is -0.308 e. The van der Waals surface area contributed by atoms with E-state index >= 15 is 0 Å². The van der Waals surface area contributed by atoms with Gasteiger partial charge in [0.1, 0.15) is 0 Å².